The van der Waals surface area contributed by atoms with Gasteiger partial charge in [0.25, 0.3) is 0 Å². The zero-order valence-electron chi connectivity index (χ0n) is 11.7. The van der Waals surface area contributed by atoms with Crippen LogP contribution < -0.4 is 10.5 Å². The van der Waals surface area contributed by atoms with Crippen LogP contribution in [0.4, 0.5) is 0 Å². The van der Waals surface area contributed by atoms with Gasteiger partial charge < -0.3 is 15.2 Å². The fourth-order valence-corrected chi connectivity index (χ4v) is 1.90. The molecule has 0 bridgehead atoms. The van der Waals surface area contributed by atoms with E-state index in [2.05, 4.69) is 4.98 Å². The average Bonchev–Trinajstić information content (AvgIpc) is 2.47. The van der Waals surface area contributed by atoms with Crippen molar-refractivity contribution in [1.82, 2.24) is 4.98 Å². The normalized spacial score (nSPS) is 10.5. The Hall–Kier alpha value is -1.91. The summed E-state index contributed by atoms with van der Waals surface area (Å²) in [6.07, 6.45) is 5.23. The van der Waals surface area contributed by atoms with E-state index in [4.69, 9.17) is 15.2 Å². The van der Waals surface area contributed by atoms with Gasteiger partial charge in [0, 0.05) is 13.3 Å². The molecule has 2 N–H and O–H groups in total. The molecular formula is C16H20N2O2. The second kappa shape index (κ2) is 7.62. The number of hydrogen-bond donors (Lipinski definition) is 1. The Morgan fingerprint density at radius 2 is 1.80 bits per heavy atom. The highest BCUT2D eigenvalue weighted by atomic mass is 16.5. The van der Waals surface area contributed by atoms with E-state index in [-0.39, 0.29) is 0 Å². The summed E-state index contributed by atoms with van der Waals surface area (Å²) in [5.41, 5.74) is 7.86. The standard InChI is InChI=1S/C16H20N2O2/c1-19-9-7-13-2-4-15(5-3-13)20-16-10-14(6-8-17)11-18-12-16/h2-5,10-12H,6-9,17H2,1H3. The fourth-order valence-electron chi connectivity index (χ4n) is 1.90. The second-order valence-electron chi connectivity index (χ2n) is 4.56. The van der Waals surface area contributed by atoms with Crippen molar-refractivity contribution in [3.05, 3.63) is 53.9 Å². The number of nitrogens with two attached hydrogens (primary N) is 1. The number of benzene rings is 1. The zero-order valence-corrected chi connectivity index (χ0v) is 11.7. The van der Waals surface area contributed by atoms with Crippen LogP contribution in [0.2, 0.25) is 0 Å². The Kier molecular flexibility index (Phi) is 5.53. The molecule has 0 radical (unpaired) electrons. The summed E-state index contributed by atoms with van der Waals surface area (Å²) in [6, 6.07) is 9.98. The highest BCUT2D eigenvalue weighted by Crippen LogP contribution is 2.22. The van der Waals surface area contributed by atoms with Crippen molar-refractivity contribution in [2.75, 3.05) is 20.3 Å². The van der Waals surface area contributed by atoms with E-state index in [0.717, 1.165) is 36.5 Å². The minimum absolute atomic E-state index is 0.610. The van der Waals surface area contributed by atoms with Crippen LogP contribution in [-0.4, -0.2) is 25.2 Å². The molecule has 0 amide bonds. The molecule has 0 aliphatic rings. The number of rotatable bonds is 7. The van der Waals surface area contributed by atoms with Crippen molar-refractivity contribution in [1.29, 1.82) is 0 Å². The van der Waals surface area contributed by atoms with Crippen molar-refractivity contribution >= 4 is 0 Å². The molecule has 2 aromatic rings. The molecule has 2 rings (SSSR count). The summed E-state index contributed by atoms with van der Waals surface area (Å²) < 4.78 is 10.8. The number of hydrogen-bond acceptors (Lipinski definition) is 4. The van der Waals surface area contributed by atoms with Crippen LogP contribution in [0, 0.1) is 0 Å². The lowest BCUT2D eigenvalue weighted by molar-refractivity contribution is 0.202. The van der Waals surface area contributed by atoms with Crippen LogP contribution in [-0.2, 0) is 17.6 Å². The fraction of sp³-hybridized carbons (Fsp3) is 0.312. The SMILES string of the molecule is COCCc1ccc(Oc2cncc(CCN)c2)cc1. The molecule has 0 saturated carbocycles. The molecule has 0 atom stereocenters. The van der Waals surface area contributed by atoms with Gasteiger partial charge in [0.1, 0.15) is 11.5 Å². The maximum atomic E-state index is 5.79. The number of ether oxygens (including phenoxy) is 2. The van der Waals surface area contributed by atoms with Gasteiger partial charge in [0.2, 0.25) is 0 Å². The van der Waals surface area contributed by atoms with Gasteiger partial charge in [-0.1, -0.05) is 12.1 Å². The minimum Gasteiger partial charge on any atom is -0.456 e. The molecule has 0 aliphatic carbocycles. The summed E-state index contributed by atoms with van der Waals surface area (Å²) in [6.45, 7) is 1.34. The number of aromatic nitrogens is 1. The summed E-state index contributed by atoms with van der Waals surface area (Å²) in [7, 11) is 1.71. The molecule has 106 valence electrons. The zero-order chi connectivity index (χ0) is 14.2. The molecule has 0 unspecified atom stereocenters. The van der Waals surface area contributed by atoms with Gasteiger partial charge in [-0.3, -0.25) is 4.98 Å². The largest absolute Gasteiger partial charge is 0.456 e. The smallest absolute Gasteiger partial charge is 0.145 e. The van der Waals surface area contributed by atoms with Crippen molar-refractivity contribution in [2.45, 2.75) is 12.8 Å². The monoisotopic (exact) mass is 272 g/mol. The van der Waals surface area contributed by atoms with E-state index in [9.17, 15) is 0 Å². The van der Waals surface area contributed by atoms with Gasteiger partial charge in [-0.2, -0.15) is 0 Å². The first-order valence-corrected chi connectivity index (χ1v) is 6.71. The highest BCUT2D eigenvalue weighted by molar-refractivity contribution is 5.33. The van der Waals surface area contributed by atoms with Crippen molar-refractivity contribution in [2.24, 2.45) is 5.73 Å². The van der Waals surface area contributed by atoms with E-state index in [1.807, 2.05) is 36.5 Å². The third kappa shape index (κ3) is 4.33. The summed E-state index contributed by atoms with van der Waals surface area (Å²) in [4.78, 5) is 4.16. The molecular weight excluding hydrogens is 252 g/mol. The number of nitrogens with zero attached hydrogens (tertiary/aromatic N) is 1. The number of pyridine rings is 1. The van der Waals surface area contributed by atoms with E-state index >= 15 is 0 Å². The molecule has 0 aliphatic heterocycles. The van der Waals surface area contributed by atoms with Gasteiger partial charge in [0.15, 0.2) is 0 Å². The molecule has 20 heavy (non-hydrogen) atoms. The van der Waals surface area contributed by atoms with Gasteiger partial charge in [-0.15, -0.1) is 0 Å². The molecule has 1 aromatic heterocycles. The molecule has 4 nitrogen and oxygen atoms in total. The summed E-state index contributed by atoms with van der Waals surface area (Å²) >= 11 is 0. The molecule has 0 spiro atoms. The quantitative estimate of drug-likeness (QED) is 0.841. The average molecular weight is 272 g/mol. The van der Waals surface area contributed by atoms with Crippen molar-refractivity contribution < 1.29 is 9.47 Å². The Morgan fingerprint density at radius 3 is 2.50 bits per heavy atom. The first kappa shape index (κ1) is 14.5. The summed E-state index contributed by atoms with van der Waals surface area (Å²) in [5.74, 6) is 1.54. The van der Waals surface area contributed by atoms with Crippen LogP contribution in [0.5, 0.6) is 11.5 Å². The molecule has 0 fully saturated rings. The van der Waals surface area contributed by atoms with Gasteiger partial charge in [-0.25, -0.2) is 0 Å². The predicted octanol–water partition coefficient (Wildman–Crippen LogP) is 2.56. The minimum atomic E-state index is 0.610. The molecule has 0 saturated heterocycles. The van der Waals surface area contributed by atoms with Crippen LogP contribution >= 0.6 is 0 Å². The van der Waals surface area contributed by atoms with Crippen LogP contribution in [0.1, 0.15) is 11.1 Å². The van der Waals surface area contributed by atoms with Gasteiger partial charge in [0.05, 0.1) is 12.8 Å². The van der Waals surface area contributed by atoms with E-state index in [1.54, 1.807) is 13.3 Å². The van der Waals surface area contributed by atoms with E-state index in [0.29, 0.717) is 6.54 Å². The lowest BCUT2D eigenvalue weighted by atomic mass is 10.1. The first-order valence-electron chi connectivity index (χ1n) is 6.71. The van der Waals surface area contributed by atoms with Gasteiger partial charge in [-0.05, 0) is 48.7 Å². The maximum Gasteiger partial charge on any atom is 0.145 e. The van der Waals surface area contributed by atoms with E-state index in [1.165, 1.54) is 5.56 Å². The van der Waals surface area contributed by atoms with Crippen LogP contribution in [0.3, 0.4) is 0 Å². The predicted molar refractivity (Wildman–Crippen MR) is 79.1 cm³/mol. The van der Waals surface area contributed by atoms with E-state index < -0.39 is 0 Å². The van der Waals surface area contributed by atoms with Crippen molar-refractivity contribution in [3.63, 3.8) is 0 Å². The maximum absolute atomic E-state index is 5.79. The Balaban J connectivity index is 2.00. The highest BCUT2D eigenvalue weighted by Gasteiger charge is 2.00. The third-order valence-corrected chi connectivity index (χ3v) is 2.96. The first-order chi connectivity index (χ1) is 9.81. The molecule has 1 aromatic carbocycles. The lowest BCUT2D eigenvalue weighted by Crippen LogP contribution is -2.03. The van der Waals surface area contributed by atoms with Gasteiger partial charge >= 0.3 is 0 Å². The van der Waals surface area contributed by atoms with Crippen LogP contribution in [0.15, 0.2) is 42.7 Å². The lowest BCUT2D eigenvalue weighted by Gasteiger charge is -2.08. The van der Waals surface area contributed by atoms with Crippen molar-refractivity contribution in [3.8, 4) is 11.5 Å². The number of methoxy groups -OCH3 is 1. The third-order valence-electron chi connectivity index (χ3n) is 2.96. The molecule has 4 heteroatoms. The van der Waals surface area contributed by atoms with Crippen LogP contribution in [0.25, 0.3) is 0 Å². The Labute approximate surface area is 119 Å². The summed E-state index contributed by atoms with van der Waals surface area (Å²) in [5, 5.41) is 0. The molecule has 1 heterocycles. The Morgan fingerprint density at radius 1 is 1.00 bits per heavy atom. The second-order valence-corrected chi connectivity index (χ2v) is 4.56. The topological polar surface area (TPSA) is 57.4 Å². The Bertz CT molecular complexity index is 526.